The van der Waals surface area contributed by atoms with Gasteiger partial charge in [-0.1, -0.05) is 18.2 Å². The predicted molar refractivity (Wildman–Crippen MR) is 112 cm³/mol. The van der Waals surface area contributed by atoms with Gasteiger partial charge in [0.15, 0.2) is 9.84 Å². The van der Waals surface area contributed by atoms with Crippen molar-refractivity contribution in [2.45, 2.75) is 11.8 Å². The fourth-order valence-corrected chi connectivity index (χ4v) is 5.32. The molecule has 1 amide bonds. The SMILES string of the molecule is C[NH+]1CC[NH+]([C@H](CNC(=O)c2ccc(CS(C)(=O)=O)cc2)c2cccs2)CC1. The summed E-state index contributed by atoms with van der Waals surface area (Å²) in [5.74, 6) is -0.129. The number of carbonyl (C=O) groups excluding carboxylic acids is 1. The first-order valence-electron chi connectivity index (χ1n) is 9.56. The lowest BCUT2D eigenvalue weighted by molar-refractivity contribution is -1.02. The summed E-state index contributed by atoms with van der Waals surface area (Å²) in [7, 11) is -0.849. The first kappa shape index (κ1) is 21.0. The molecule has 1 aliphatic heterocycles. The topological polar surface area (TPSA) is 72.1 Å². The number of rotatable bonds is 7. The van der Waals surface area contributed by atoms with Gasteiger partial charge in [-0.15, -0.1) is 11.3 Å². The van der Waals surface area contributed by atoms with E-state index >= 15 is 0 Å². The summed E-state index contributed by atoms with van der Waals surface area (Å²) in [5.41, 5.74) is 1.25. The molecular formula is C20H29N3O3S2+2. The Morgan fingerprint density at radius 2 is 1.82 bits per heavy atom. The van der Waals surface area contributed by atoms with E-state index in [-0.39, 0.29) is 17.7 Å². The highest BCUT2D eigenvalue weighted by Gasteiger charge is 2.30. The van der Waals surface area contributed by atoms with Crippen LogP contribution in [0.3, 0.4) is 0 Å². The Hall–Kier alpha value is -1.74. The van der Waals surface area contributed by atoms with Crippen molar-refractivity contribution < 1.29 is 23.0 Å². The molecule has 6 nitrogen and oxygen atoms in total. The van der Waals surface area contributed by atoms with Crippen LogP contribution in [0, 0.1) is 0 Å². The molecule has 0 unspecified atom stereocenters. The third kappa shape index (κ3) is 5.88. The van der Waals surface area contributed by atoms with Gasteiger partial charge in [-0.25, -0.2) is 8.42 Å². The molecule has 0 saturated carbocycles. The molecule has 3 N–H and O–H groups in total. The van der Waals surface area contributed by atoms with Crippen molar-refractivity contribution in [1.29, 1.82) is 0 Å². The van der Waals surface area contributed by atoms with E-state index in [0.717, 1.165) is 26.2 Å². The number of amides is 1. The van der Waals surface area contributed by atoms with Crippen LogP contribution in [0.15, 0.2) is 41.8 Å². The molecule has 0 spiro atoms. The van der Waals surface area contributed by atoms with Gasteiger partial charge in [0.25, 0.3) is 5.91 Å². The number of likely N-dealkylation sites (N-methyl/N-ethyl adjacent to an activating group) is 1. The summed E-state index contributed by atoms with van der Waals surface area (Å²) in [6.07, 6.45) is 1.21. The van der Waals surface area contributed by atoms with Crippen molar-refractivity contribution in [3.05, 3.63) is 57.8 Å². The summed E-state index contributed by atoms with van der Waals surface area (Å²) in [6.45, 7) is 5.09. The van der Waals surface area contributed by atoms with Crippen LogP contribution in [-0.4, -0.2) is 60.4 Å². The Kier molecular flexibility index (Phi) is 6.87. The molecule has 1 saturated heterocycles. The second-order valence-electron chi connectivity index (χ2n) is 7.66. The lowest BCUT2D eigenvalue weighted by Crippen LogP contribution is -3.27. The van der Waals surface area contributed by atoms with Crippen molar-refractivity contribution in [2.75, 3.05) is 46.0 Å². The summed E-state index contributed by atoms with van der Waals surface area (Å²) in [6, 6.07) is 11.3. The number of benzene rings is 1. The van der Waals surface area contributed by atoms with E-state index < -0.39 is 9.84 Å². The van der Waals surface area contributed by atoms with Crippen LogP contribution in [0.1, 0.15) is 26.8 Å². The summed E-state index contributed by atoms with van der Waals surface area (Å²) >= 11 is 1.74. The average Bonchev–Trinajstić information content (AvgIpc) is 3.17. The van der Waals surface area contributed by atoms with Gasteiger partial charge >= 0.3 is 0 Å². The molecule has 2 heterocycles. The zero-order chi connectivity index (χ0) is 20.1. The van der Waals surface area contributed by atoms with Crippen molar-refractivity contribution >= 4 is 27.1 Å². The fourth-order valence-electron chi connectivity index (χ4n) is 3.63. The van der Waals surface area contributed by atoms with E-state index in [2.05, 4.69) is 29.9 Å². The minimum Gasteiger partial charge on any atom is -0.346 e. The van der Waals surface area contributed by atoms with Gasteiger partial charge in [0.1, 0.15) is 32.2 Å². The maximum atomic E-state index is 12.6. The van der Waals surface area contributed by atoms with Crippen LogP contribution >= 0.6 is 11.3 Å². The highest BCUT2D eigenvalue weighted by Crippen LogP contribution is 2.16. The Balaban J connectivity index is 1.63. The molecule has 0 aliphatic carbocycles. The molecule has 2 aromatic rings. The van der Waals surface area contributed by atoms with Crippen molar-refractivity contribution in [3.8, 4) is 0 Å². The molecule has 3 rings (SSSR count). The van der Waals surface area contributed by atoms with Gasteiger partial charge in [-0.3, -0.25) is 4.79 Å². The van der Waals surface area contributed by atoms with E-state index in [1.165, 1.54) is 16.0 Å². The van der Waals surface area contributed by atoms with Crippen LogP contribution in [0.4, 0.5) is 0 Å². The lowest BCUT2D eigenvalue weighted by Gasteiger charge is -2.33. The van der Waals surface area contributed by atoms with Crippen LogP contribution in [-0.2, 0) is 15.6 Å². The minimum atomic E-state index is -3.08. The Morgan fingerprint density at radius 3 is 2.39 bits per heavy atom. The zero-order valence-electron chi connectivity index (χ0n) is 16.4. The zero-order valence-corrected chi connectivity index (χ0v) is 18.0. The fraction of sp³-hybridized carbons (Fsp3) is 0.450. The molecule has 152 valence electrons. The number of hydrogen-bond acceptors (Lipinski definition) is 4. The maximum absolute atomic E-state index is 12.6. The maximum Gasteiger partial charge on any atom is 0.251 e. The van der Waals surface area contributed by atoms with Crippen LogP contribution in [0.2, 0.25) is 0 Å². The molecule has 8 heteroatoms. The highest BCUT2D eigenvalue weighted by atomic mass is 32.2. The average molecular weight is 424 g/mol. The second-order valence-corrected chi connectivity index (χ2v) is 10.8. The molecular weight excluding hydrogens is 394 g/mol. The third-order valence-electron chi connectivity index (χ3n) is 5.24. The summed E-state index contributed by atoms with van der Waals surface area (Å²) in [4.78, 5) is 17.0. The molecule has 1 aromatic heterocycles. The largest absolute Gasteiger partial charge is 0.346 e. The monoisotopic (exact) mass is 423 g/mol. The molecule has 1 aromatic carbocycles. The Bertz CT molecular complexity index is 872. The van der Waals surface area contributed by atoms with Gasteiger partial charge in [0.05, 0.1) is 24.2 Å². The van der Waals surface area contributed by atoms with E-state index in [9.17, 15) is 13.2 Å². The van der Waals surface area contributed by atoms with Gasteiger partial charge in [-0.2, -0.15) is 0 Å². The number of piperazine rings is 1. The van der Waals surface area contributed by atoms with Gasteiger partial charge in [-0.05, 0) is 29.1 Å². The second kappa shape index (κ2) is 9.17. The lowest BCUT2D eigenvalue weighted by atomic mass is 10.1. The van der Waals surface area contributed by atoms with Crippen LogP contribution in [0.5, 0.6) is 0 Å². The number of hydrogen-bond donors (Lipinski definition) is 3. The molecule has 1 atom stereocenters. The molecule has 1 aliphatic rings. The highest BCUT2D eigenvalue weighted by molar-refractivity contribution is 7.89. The number of sulfone groups is 1. The number of nitrogens with one attached hydrogen (secondary N) is 3. The van der Waals surface area contributed by atoms with E-state index in [1.54, 1.807) is 40.5 Å². The third-order valence-corrected chi connectivity index (χ3v) is 7.08. The standard InChI is InChI=1S/C20H27N3O3S2/c1-22-9-11-23(12-10-22)18(19-4-3-13-27-19)14-21-20(24)17-7-5-16(6-8-17)15-28(2,25)26/h3-8,13,18H,9-12,14-15H2,1-2H3,(H,21,24)/p+2/t18-/m1/s1. The first-order chi connectivity index (χ1) is 13.3. The van der Waals surface area contributed by atoms with Crippen molar-refractivity contribution in [2.24, 2.45) is 0 Å². The molecule has 28 heavy (non-hydrogen) atoms. The Labute approximate surface area is 171 Å². The molecule has 0 radical (unpaired) electrons. The van der Waals surface area contributed by atoms with Gasteiger partial charge in [0.2, 0.25) is 0 Å². The summed E-state index contributed by atoms with van der Waals surface area (Å²) in [5, 5.41) is 5.17. The van der Waals surface area contributed by atoms with Crippen molar-refractivity contribution in [3.63, 3.8) is 0 Å². The minimum absolute atomic E-state index is 0.00982. The van der Waals surface area contributed by atoms with E-state index in [1.807, 2.05) is 0 Å². The molecule has 1 fully saturated rings. The van der Waals surface area contributed by atoms with E-state index in [4.69, 9.17) is 0 Å². The van der Waals surface area contributed by atoms with Crippen molar-refractivity contribution in [1.82, 2.24) is 5.32 Å². The van der Waals surface area contributed by atoms with E-state index in [0.29, 0.717) is 17.7 Å². The molecule has 0 bridgehead atoms. The first-order valence-corrected chi connectivity index (χ1v) is 12.5. The summed E-state index contributed by atoms with van der Waals surface area (Å²) < 4.78 is 22.8. The quantitative estimate of drug-likeness (QED) is 0.545. The predicted octanol–water partition coefficient (Wildman–Crippen LogP) is -0.823. The van der Waals surface area contributed by atoms with Crippen LogP contribution < -0.4 is 15.1 Å². The Morgan fingerprint density at radius 1 is 1.14 bits per heavy atom. The smallest absolute Gasteiger partial charge is 0.251 e. The van der Waals surface area contributed by atoms with Gasteiger partial charge in [0, 0.05) is 11.8 Å². The number of thiophene rings is 1. The van der Waals surface area contributed by atoms with Gasteiger partial charge < -0.3 is 15.1 Å². The number of quaternary nitrogens is 2. The number of carbonyl (C=O) groups is 1. The van der Waals surface area contributed by atoms with Crippen LogP contribution in [0.25, 0.3) is 0 Å². The normalized spacial score (nSPS) is 21.2.